The molecule has 1 aliphatic carbocycles. The number of ketones is 1. The molecule has 3 N–H and O–H groups in total. The molecule has 1 aliphatic rings. The molecule has 0 unspecified atom stereocenters. The summed E-state index contributed by atoms with van der Waals surface area (Å²) in [4.78, 5) is 21.1. The first kappa shape index (κ1) is 23.3. The van der Waals surface area contributed by atoms with Crippen molar-refractivity contribution in [3.05, 3.63) is 59.2 Å². The summed E-state index contributed by atoms with van der Waals surface area (Å²) in [5.41, 5.74) is 0.365. The monoisotopic (exact) mass is 496 g/mol. The Hall–Kier alpha value is -2.84. The van der Waals surface area contributed by atoms with Gasteiger partial charge in [-0.05, 0) is 42.6 Å². The lowest BCUT2D eigenvalue weighted by molar-refractivity contribution is 0.0636. The SMILES string of the molecule is CNS(=O)(=O)O[C@@H]1C[C@H](Nc2ncncc2C(=O)c2ccn(Cc3ccc(Cl)o3)n2)C[C@@H]1O. The first-order valence-corrected chi connectivity index (χ1v) is 11.7. The predicted octanol–water partition coefficient (Wildman–Crippen LogP) is 0.983. The Morgan fingerprint density at radius 3 is 2.91 bits per heavy atom. The number of nitrogens with one attached hydrogen (secondary N) is 2. The number of rotatable bonds is 9. The van der Waals surface area contributed by atoms with Gasteiger partial charge in [0.1, 0.15) is 29.7 Å². The lowest BCUT2D eigenvalue weighted by Gasteiger charge is -2.15. The van der Waals surface area contributed by atoms with Crippen molar-refractivity contribution in [3.63, 3.8) is 0 Å². The average Bonchev–Trinajstić information content (AvgIpc) is 3.49. The van der Waals surface area contributed by atoms with E-state index >= 15 is 0 Å². The van der Waals surface area contributed by atoms with E-state index in [2.05, 4.69) is 20.4 Å². The van der Waals surface area contributed by atoms with Gasteiger partial charge in [0.25, 0.3) is 0 Å². The molecule has 33 heavy (non-hydrogen) atoms. The van der Waals surface area contributed by atoms with Crippen LogP contribution in [0.4, 0.5) is 5.82 Å². The van der Waals surface area contributed by atoms with Crippen LogP contribution >= 0.6 is 11.6 Å². The van der Waals surface area contributed by atoms with Crippen molar-refractivity contribution in [1.29, 1.82) is 0 Å². The fourth-order valence-electron chi connectivity index (χ4n) is 3.52. The first-order valence-electron chi connectivity index (χ1n) is 9.93. The summed E-state index contributed by atoms with van der Waals surface area (Å²) in [6.07, 6.45) is 2.76. The number of aliphatic hydroxyl groups is 1. The largest absolute Gasteiger partial charge is 0.448 e. The highest BCUT2D eigenvalue weighted by Gasteiger charge is 2.37. The molecular formula is C19H21ClN6O6S. The van der Waals surface area contributed by atoms with Crippen molar-refractivity contribution in [2.75, 3.05) is 12.4 Å². The number of carbonyl (C=O) groups excluding carboxylic acids is 1. The van der Waals surface area contributed by atoms with Crippen LogP contribution in [0.2, 0.25) is 5.22 Å². The molecule has 1 saturated carbocycles. The minimum atomic E-state index is -3.95. The summed E-state index contributed by atoms with van der Waals surface area (Å²) in [5.74, 6) is 0.430. The molecular weight excluding hydrogens is 476 g/mol. The van der Waals surface area contributed by atoms with Gasteiger partial charge in [0.15, 0.2) is 5.22 Å². The third kappa shape index (κ3) is 5.57. The summed E-state index contributed by atoms with van der Waals surface area (Å²) in [6.45, 7) is 0.299. The van der Waals surface area contributed by atoms with Crippen LogP contribution < -0.4 is 10.0 Å². The minimum Gasteiger partial charge on any atom is -0.448 e. The molecule has 14 heteroatoms. The Bertz CT molecular complexity index is 1240. The van der Waals surface area contributed by atoms with Crippen molar-refractivity contribution >= 4 is 33.5 Å². The molecule has 0 radical (unpaired) electrons. The summed E-state index contributed by atoms with van der Waals surface area (Å²) < 4.78 is 37.1. The minimum absolute atomic E-state index is 0.179. The van der Waals surface area contributed by atoms with E-state index in [1.54, 1.807) is 24.4 Å². The number of hydrogen-bond acceptors (Lipinski definition) is 10. The highest BCUT2D eigenvalue weighted by Crippen LogP contribution is 2.27. The van der Waals surface area contributed by atoms with Gasteiger partial charge in [-0.1, -0.05) is 0 Å². The van der Waals surface area contributed by atoms with E-state index in [0.29, 0.717) is 12.3 Å². The van der Waals surface area contributed by atoms with Crippen LogP contribution in [0.5, 0.6) is 0 Å². The number of anilines is 1. The van der Waals surface area contributed by atoms with Crippen LogP contribution in [-0.2, 0) is 21.0 Å². The number of halogens is 1. The van der Waals surface area contributed by atoms with Gasteiger partial charge in [-0.15, -0.1) is 0 Å². The zero-order chi connectivity index (χ0) is 23.6. The number of carbonyl (C=O) groups is 1. The Balaban J connectivity index is 1.46. The van der Waals surface area contributed by atoms with Crippen LogP contribution in [-0.4, -0.2) is 64.4 Å². The van der Waals surface area contributed by atoms with E-state index in [9.17, 15) is 18.3 Å². The topological polar surface area (TPSA) is 161 Å². The molecule has 176 valence electrons. The Morgan fingerprint density at radius 2 is 2.18 bits per heavy atom. The average molecular weight is 497 g/mol. The second-order valence-corrected chi connectivity index (χ2v) is 9.27. The van der Waals surface area contributed by atoms with E-state index in [0.717, 1.165) is 0 Å². The smallest absolute Gasteiger partial charge is 0.335 e. The zero-order valence-electron chi connectivity index (χ0n) is 17.4. The Kier molecular flexibility index (Phi) is 6.76. The molecule has 0 spiro atoms. The molecule has 0 saturated heterocycles. The number of hydrogen-bond donors (Lipinski definition) is 3. The van der Waals surface area contributed by atoms with Gasteiger partial charge in [-0.2, -0.15) is 18.2 Å². The number of aliphatic hydroxyl groups excluding tert-OH is 1. The molecule has 0 amide bonds. The third-order valence-electron chi connectivity index (χ3n) is 5.09. The van der Waals surface area contributed by atoms with Crippen molar-refractivity contribution in [3.8, 4) is 0 Å². The number of furan rings is 1. The van der Waals surface area contributed by atoms with E-state index < -0.39 is 28.3 Å². The van der Waals surface area contributed by atoms with Gasteiger partial charge in [0.2, 0.25) is 5.78 Å². The quantitative estimate of drug-likeness (QED) is 0.364. The van der Waals surface area contributed by atoms with Crippen LogP contribution in [0.25, 0.3) is 0 Å². The summed E-state index contributed by atoms with van der Waals surface area (Å²) >= 11 is 5.78. The number of aromatic nitrogens is 4. The van der Waals surface area contributed by atoms with Crippen molar-refractivity contribution in [2.45, 2.75) is 37.6 Å². The zero-order valence-corrected chi connectivity index (χ0v) is 19.0. The summed E-state index contributed by atoms with van der Waals surface area (Å²) in [5, 5.41) is 17.8. The van der Waals surface area contributed by atoms with Gasteiger partial charge in [-0.25, -0.2) is 9.97 Å². The molecule has 3 atom stereocenters. The lowest BCUT2D eigenvalue weighted by atomic mass is 10.1. The maximum atomic E-state index is 13.1. The molecule has 3 aromatic rings. The molecule has 4 rings (SSSR count). The van der Waals surface area contributed by atoms with E-state index in [-0.39, 0.29) is 41.2 Å². The van der Waals surface area contributed by atoms with Gasteiger partial charge in [0, 0.05) is 25.5 Å². The van der Waals surface area contributed by atoms with E-state index in [1.807, 2.05) is 4.72 Å². The van der Waals surface area contributed by atoms with Gasteiger partial charge >= 0.3 is 10.3 Å². The maximum Gasteiger partial charge on any atom is 0.335 e. The molecule has 3 aromatic heterocycles. The maximum absolute atomic E-state index is 13.1. The Labute approximate surface area is 194 Å². The standard InChI is InChI=1S/C19H21ClN6O6S/c1-21-33(29,30)32-16-7-11(6-15(16)27)24-19-13(8-22-10-23-19)18(28)14-4-5-26(25-14)9-12-2-3-17(20)31-12/h2-5,8,10-11,15-16,21,27H,6-7,9H2,1H3,(H,22,23,24)/t11-,15+,16-/m1/s1. The van der Waals surface area contributed by atoms with Crippen molar-refractivity contribution in [1.82, 2.24) is 24.5 Å². The first-order chi connectivity index (χ1) is 15.7. The van der Waals surface area contributed by atoms with Crippen molar-refractivity contribution < 1.29 is 26.9 Å². The summed E-state index contributed by atoms with van der Waals surface area (Å²) in [6, 6.07) is 4.53. The fourth-order valence-corrected chi connectivity index (χ4v) is 4.31. The molecule has 0 bridgehead atoms. The molecule has 12 nitrogen and oxygen atoms in total. The molecule has 0 aliphatic heterocycles. The molecule has 1 fully saturated rings. The number of nitrogens with zero attached hydrogens (tertiary/aromatic N) is 4. The van der Waals surface area contributed by atoms with Gasteiger partial charge in [0.05, 0.1) is 18.2 Å². The predicted molar refractivity (Wildman–Crippen MR) is 116 cm³/mol. The van der Waals surface area contributed by atoms with Crippen LogP contribution in [0.15, 0.2) is 41.3 Å². The second-order valence-electron chi connectivity index (χ2n) is 7.39. The van der Waals surface area contributed by atoms with Crippen LogP contribution in [0.3, 0.4) is 0 Å². The lowest BCUT2D eigenvalue weighted by Crippen LogP contribution is -2.31. The van der Waals surface area contributed by atoms with Crippen LogP contribution in [0.1, 0.15) is 34.7 Å². The van der Waals surface area contributed by atoms with E-state index in [1.165, 1.54) is 24.3 Å². The van der Waals surface area contributed by atoms with Gasteiger partial charge < -0.3 is 14.8 Å². The molecule has 3 heterocycles. The fraction of sp³-hybridized carbons (Fsp3) is 0.368. The van der Waals surface area contributed by atoms with E-state index in [4.69, 9.17) is 20.2 Å². The Morgan fingerprint density at radius 1 is 1.36 bits per heavy atom. The highest BCUT2D eigenvalue weighted by molar-refractivity contribution is 7.84. The highest BCUT2D eigenvalue weighted by atomic mass is 35.5. The normalized spacial score (nSPS) is 20.8. The second kappa shape index (κ2) is 9.57. The summed E-state index contributed by atoms with van der Waals surface area (Å²) in [7, 11) is -2.73. The van der Waals surface area contributed by atoms with Crippen LogP contribution in [0, 0.1) is 0 Å². The molecule has 0 aromatic carbocycles. The third-order valence-corrected chi connectivity index (χ3v) is 6.29. The van der Waals surface area contributed by atoms with Crippen molar-refractivity contribution in [2.24, 2.45) is 0 Å². The van der Waals surface area contributed by atoms with Gasteiger partial charge in [-0.3, -0.25) is 13.7 Å².